The maximum Gasteiger partial charge on any atom is 0.269 e. The lowest BCUT2D eigenvalue weighted by Gasteiger charge is -1.95. The highest BCUT2D eigenvalue weighted by Crippen LogP contribution is 2.10. The van der Waals surface area contributed by atoms with Crippen LogP contribution >= 0.6 is 0 Å². The molecule has 92 valence electrons. The molecule has 0 spiro atoms. The van der Waals surface area contributed by atoms with Crippen molar-refractivity contribution in [2.24, 2.45) is 4.99 Å². The van der Waals surface area contributed by atoms with E-state index in [0.29, 0.717) is 0 Å². The zero-order valence-corrected chi connectivity index (χ0v) is 10.1. The van der Waals surface area contributed by atoms with Crippen LogP contribution in [0.2, 0.25) is 0 Å². The minimum absolute atomic E-state index is 0.116. The maximum absolute atomic E-state index is 10.4. The molecule has 0 fully saturated rings. The van der Waals surface area contributed by atoms with E-state index in [1.165, 1.54) is 31.4 Å². The average Bonchev–Trinajstić information content (AvgIpc) is 2.34. The van der Waals surface area contributed by atoms with Crippen LogP contribution in [0, 0.1) is 10.1 Å². The summed E-state index contributed by atoms with van der Waals surface area (Å²) in [6.45, 7) is 3.01. The van der Waals surface area contributed by atoms with E-state index >= 15 is 0 Å². The first kappa shape index (κ1) is 13.4. The summed E-state index contributed by atoms with van der Waals surface area (Å²) < 4.78 is 0. The summed E-state index contributed by atoms with van der Waals surface area (Å²) in [6, 6.07) is 6.43. The third-order valence-corrected chi connectivity index (χ3v) is 2.49. The highest BCUT2D eigenvalue weighted by molar-refractivity contribution is 5.79. The number of hydrogen-bond acceptors (Lipinski definition) is 3. The van der Waals surface area contributed by atoms with Gasteiger partial charge in [-0.1, -0.05) is 26.2 Å². The van der Waals surface area contributed by atoms with E-state index in [2.05, 4.69) is 11.9 Å². The zero-order valence-electron chi connectivity index (χ0n) is 10.1. The van der Waals surface area contributed by atoms with Crippen molar-refractivity contribution < 1.29 is 4.92 Å². The molecule has 0 atom stereocenters. The summed E-state index contributed by atoms with van der Waals surface area (Å²) in [7, 11) is 0. The van der Waals surface area contributed by atoms with Gasteiger partial charge in [-0.25, -0.2) is 0 Å². The fraction of sp³-hybridized carbons (Fsp3) is 0.462. The normalized spacial score (nSPS) is 10.9. The van der Waals surface area contributed by atoms with Crippen LogP contribution in [0.4, 0.5) is 5.69 Å². The summed E-state index contributed by atoms with van der Waals surface area (Å²) in [5.41, 5.74) is 1.02. The van der Waals surface area contributed by atoms with Crippen molar-refractivity contribution in [2.45, 2.75) is 32.6 Å². The fourth-order valence-electron chi connectivity index (χ4n) is 1.48. The molecule has 0 aliphatic rings. The summed E-state index contributed by atoms with van der Waals surface area (Å²) in [6.07, 6.45) is 6.58. The van der Waals surface area contributed by atoms with Crippen molar-refractivity contribution in [3.05, 3.63) is 39.9 Å². The second-order valence-electron chi connectivity index (χ2n) is 3.94. The Hall–Kier alpha value is -1.71. The second kappa shape index (κ2) is 7.54. The molecule has 0 saturated carbocycles. The summed E-state index contributed by atoms with van der Waals surface area (Å²) in [5.74, 6) is 0. The fourth-order valence-corrected chi connectivity index (χ4v) is 1.48. The molecule has 4 nitrogen and oxygen atoms in total. The van der Waals surface area contributed by atoms with E-state index in [4.69, 9.17) is 0 Å². The zero-order chi connectivity index (χ0) is 12.5. The Morgan fingerprint density at radius 2 is 1.94 bits per heavy atom. The highest BCUT2D eigenvalue weighted by atomic mass is 16.6. The summed E-state index contributed by atoms with van der Waals surface area (Å²) >= 11 is 0. The molecule has 0 N–H and O–H groups in total. The number of benzene rings is 1. The topological polar surface area (TPSA) is 55.5 Å². The third-order valence-electron chi connectivity index (χ3n) is 2.49. The number of nitro benzene ring substituents is 1. The maximum atomic E-state index is 10.4. The summed E-state index contributed by atoms with van der Waals surface area (Å²) in [4.78, 5) is 14.3. The molecule has 0 bridgehead atoms. The van der Waals surface area contributed by atoms with Crippen molar-refractivity contribution in [1.82, 2.24) is 0 Å². The van der Waals surface area contributed by atoms with E-state index < -0.39 is 4.92 Å². The Morgan fingerprint density at radius 1 is 1.24 bits per heavy atom. The number of unbranched alkanes of at least 4 members (excludes halogenated alkanes) is 3. The lowest BCUT2D eigenvalue weighted by Crippen LogP contribution is -1.89. The van der Waals surface area contributed by atoms with Crippen LogP contribution in [-0.2, 0) is 0 Å². The van der Waals surface area contributed by atoms with E-state index in [0.717, 1.165) is 18.5 Å². The first-order valence-corrected chi connectivity index (χ1v) is 5.98. The van der Waals surface area contributed by atoms with E-state index in [1.807, 2.05) is 0 Å². The molecule has 17 heavy (non-hydrogen) atoms. The second-order valence-corrected chi connectivity index (χ2v) is 3.94. The summed E-state index contributed by atoms with van der Waals surface area (Å²) in [5, 5.41) is 10.4. The Bertz CT molecular complexity index is 372. The molecule has 0 heterocycles. The molecule has 1 rings (SSSR count). The highest BCUT2D eigenvalue weighted by Gasteiger charge is 2.02. The lowest BCUT2D eigenvalue weighted by atomic mass is 10.2. The van der Waals surface area contributed by atoms with Gasteiger partial charge in [-0.2, -0.15) is 0 Å². The van der Waals surface area contributed by atoms with E-state index in [1.54, 1.807) is 18.3 Å². The first-order valence-electron chi connectivity index (χ1n) is 5.98. The standard InChI is InChI=1S/C13H18N2O2/c1-2-3-4-5-10-14-11-12-6-8-13(9-7-12)15(16)17/h6-9,11H,2-5,10H2,1H3. The molecule has 0 unspecified atom stereocenters. The molecule has 0 aliphatic heterocycles. The van der Waals surface area contributed by atoms with Gasteiger partial charge in [0.15, 0.2) is 0 Å². The van der Waals surface area contributed by atoms with Gasteiger partial charge >= 0.3 is 0 Å². The third kappa shape index (κ3) is 5.24. The van der Waals surface area contributed by atoms with Gasteiger partial charge < -0.3 is 0 Å². The van der Waals surface area contributed by atoms with Crippen LogP contribution in [0.5, 0.6) is 0 Å². The Morgan fingerprint density at radius 3 is 2.53 bits per heavy atom. The van der Waals surface area contributed by atoms with Gasteiger partial charge in [0.2, 0.25) is 0 Å². The van der Waals surface area contributed by atoms with Crippen LogP contribution < -0.4 is 0 Å². The Labute approximate surface area is 102 Å². The molecule has 0 saturated heterocycles. The average molecular weight is 234 g/mol. The quantitative estimate of drug-likeness (QED) is 0.313. The molecule has 4 heteroatoms. The first-order chi connectivity index (χ1) is 8.24. The van der Waals surface area contributed by atoms with Crippen molar-refractivity contribution in [3.63, 3.8) is 0 Å². The van der Waals surface area contributed by atoms with Crippen LogP contribution in [0.15, 0.2) is 29.3 Å². The van der Waals surface area contributed by atoms with Gasteiger partial charge in [0, 0.05) is 24.9 Å². The van der Waals surface area contributed by atoms with Gasteiger partial charge in [-0.15, -0.1) is 0 Å². The number of rotatable bonds is 7. The smallest absolute Gasteiger partial charge is 0.269 e. The van der Waals surface area contributed by atoms with Gasteiger partial charge in [-0.3, -0.25) is 15.1 Å². The SMILES string of the molecule is CCCCCCN=Cc1ccc([N+](=O)[O-])cc1. The molecule has 0 aromatic heterocycles. The van der Waals surface area contributed by atoms with Crippen molar-refractivity contribution >= 4 is 11.9 Å². The van der Waals surface area contributed by atoms with Crippen LogP contribution in [0.25, 0.3) is 0 Å². The van der Waals surface area contributed by atoms with Gasteiger partial charge in [0.25, 0.3) is 5.69 Å². The van der Waals surface area contributed by atoms with E-state index in [9.17, 15) is 10.1 Å². The van der Waals surface area contributed by atoms with E-state index in [-0.39, 0.29) is 5.69 Å². The minimum Gasteiger partial charge on any atom is -0.293 e. The molecular formula is C13H18N2O2. The minimum atomic E-state index is -0.397. The molecule has 0 radical (unpaired) electrons. The van der Waals surface area contributed by atoms with Crippen molar-refractivity contribution in [2.75, 3.05) is 6.54 Å². The largest absolute Gasteiger partial charge is 0.293 e. The van der Waals surface area contributed by atoms with Crippen molar-refractivity contribution in [1.29, 1.82) is 0 Å². The van der Waals surface area contributed by atoms with Gasteiger partial charge in [0.05, 0.1) is 4.92 Å². The predicted octanol–water partition coefficient (Wildman–Crippen LogP) is 3.59. The van der Waals surface area contributed by atoms with Crippen LogP contribution in [0.3, 0.4) is 0 Å². The number of hydrogen-bond donors (Lipinski definition) is 0. The molecular weight excluding hydrogens is 216 g/mol. The van der Waals surface area contributed by atoms with Gasteiger partial charge in [0.1, 0.15) is 0 Å². The molecule has 0 amide bonds. The Balaban J connectivity index is 2.36. The monoisotopic (exact) mass is 234 g/mol. The van der Waals surface area contributed by atoms with Gasteiger partial charge in [-0.05, 0) is 24.1 Å². The molecule has 1 aromatic carbocycles. The molecule has 1 aromatic rings. The number of non-ortho nitro benzene ring substituents is 1. The van der Waals surface area contributed by atoms with Crippen LogP contribution in [0.1, 0.15) is 38.2 Å². The van der Waals surface area contributed by atoms with Crippen LogP contribution in [-0.4, -0.2) is 17.7 Å². The lowest BCUT2D eigenvalue weighted by molar-refractivity contribution is -0.384. The molecule has 0 aliphatic carbocycles. The van der Waals surface area contributed by atoms with Crippen molar-refractivity contribution in [3.8, 4) is 0 Å². The number of nitro groups is 1. The predicted molar refractivity (Wildman–Crippen MR) is 69.7 cm³/mol. The Kier molecular flexibility index (Phi) is 5.93. The number of aliphatic imine (C=N–C) groups is 1. The number of nitrogens with zero attached hydrogens (tertiary/aromatic N) is 2.